The van der Waals surface area contributed by atoms with Gasteiger partial charge in [-0.15, -0.1) is 11.3 Å². The molecule has 1 aliphatic heterocycles. The first-order valence-corrected chi connectivity index (χ1v) is 10.2. The van der Waals surface area contributed by atoms with Crippen molar-refractivity contribution in [2.45, 2.75) is 32.4 Å². The van der Waals surface area contributed by atoms with Crippen molar-refractivity contribution in [2.24, 2.45) is 0 Å². The van der Waals surface area contributed by atoms with Gasteiger partial charge < -0.3 is 5.32 Å². The van der Waals surface area contributed by atoms with Crippen LogP contribution in [-0.2, 0) is 11.3 Å². The Kier molecular flexibility index (Phi) is 5.36. The molecule has 144 valence electrons. The zero-order valence-corrected chi connectivity index (χ0v) is 16.5. The van der Waals surface area contributed by atoms with Crippen molar-refractivity contribution in [3.8, 4) is 5.69 Å². The van der Waals surface area contributed by atoms with Crippen molar-refractivity contribution in [3.63, 3.8) is 0 Å². The van der Waals surface area contributed by atoms with Crippen LogP contribution in [0.2, 0.25) is 0 Å². The van der Waals surface area contributed by atoms with Gasteiger partial charge in [-0.25, -0.2) is 4.68 Å². The fourth-order valence-electron chi connectivity index (χ4n) is 3.53. The molecule has 3 aromatic rings. The van der Waals surface area contributed by atoms with Crippen LogP contribution in [0.15, 0.2) is 54.2 Å². The predicted octanol–water partition coefficient (Wildman–Crippen LogP) is 3.74. The van der Waals surface area contributed by atoms with Crippen LogP contribution in [-0.4, -0.2) is 39.0 Å². The Bertz CT molecular complexity index is 963. The first kappa shape index (κ1) is 18.6. The van der Waals surface area contributed by atoms with Crippen LogP contribution < -0.4 is 5.32 Å². The number of carbonyl (C=O) groups excluding carboxylic acids is 2. The van der Waals surface area contributed by atoms with Gasteiger partial charge in [0.25, 0.3) is 0 Å². The van der Waals surface area contributed by atoms with Crippen LogP contribution in [0.25, 0.3) is 5.69 Å². The summed E-state index contributed by atoms with van der Waals surface area (Å²) in [4.78, 5) is 27.3. The fourth-order valence-corrected chi connectivity index (χ4v) is 4.34. The standard InChI is InChI=1S/C21H22N4O2S/c1-15(26)20-12-16(14-28-20)13-24-10-2-4-19(24)21(27)23-17-5-7-18(8-6-17)25-11-3-9-22-25/h3,5-9,11-12,14,19H,2,4,10,13H2,1H3,(H,23,27)/t19-/m0/s1. The largest absolute Gasteiger partial charge is 0.325 e. The van der Waals surface area contributed by atoms with Crippen LogP contribution in [0, 0.1) is 0 Å². The molecule has 0 bridgehead atoms. The van der Waals surface area contributed by atoms with Gasteiger partial charge in [-0.2, -0.15) is 5.10 Å². The quantitative estimate of drug-likeness (QED) is 0.647. The average Bonchev–Trinajstić information content (AvgIpc) is 3.44. The number of nitrogens with zero attached hydrogens (tertiary/aromatic N) is 3. The minimum Gasteiger partial charge on any atom is -0.325 e. The summed E-state index contributed by atoms with van der Waals surface area (Å²) in [7, 11) is 0. The summed E-state index contributed by atoms with van der Waals surface area (Å²) in [6.07, 6.45) is 5.46. The molecule has 0 saturated carbocycles. The van der Waals surface area contributed by atoms with Crippen LogP contribution in [0.5, 0.6) is 0 Å². The fraction of sp³-hybridized carbons (Fsp3) is 0.286. The lowest BCUT2D eigenvalue weighted by Gasteiger charge is -2.23. The molecule has 0 radical (unpaired) electrons. The Morgan fingerprint density at radius 1 is 1.29 bits per heavy atom. The van der Waals surface area contributed by atoms with Crippen LogP contribution >= 0.6 is 11.3 Å². The van der Waals surface area contributed by atoms with Gasteiger partial charge in [0.1, 0.15) is 0 Å². The molecule has 1 amide bonds. The van der Waals surface area contributed by atoms with E-state index >= 15 is 0 Å². The van der Waals surface area contributed by atoms with E-state index in [4.69, 9.17) is 0 Å². The second kappa shape index (κ2) is 8.08. The number of rotatable bonds is 6. The number of carbonyl (C=O) groups is 2. The molecule has 0 aliphatic carbocycles. The zero-order valence-electron chi connectivity index (χ0n) is 15.7. The Labute approximate surface area is 167 Å². The Balaban J connectivity index is 1.39. The zero-order chi connectivity index (χ0) is 19.5. The van der Waals surface area contributed by atoms with Gasteiger partial charge >= 0.3 is 0 Å². The lowest BCUT2D eigenvalue weighted by Crippen LogP contribution is -2.39. The molecule has 1 N–H and O–H groups in total. The summed E-state index contributed by atoms with van der Waals surface area (Å²) in [6.45, 7) is 3.17. The SMILES string of the molecule is CC(=O)c1cc(CN2CCC[C@H]2C(=O)Nc2ccc(-n3cccn3)cc2)cs1. The van der Waals surface area contributed by atoms with Crippen molar-refractivity contribution >= 4 is 28.7 Å². The molecule has 6 nitrogen and oxygen atoms in total. The van der Waals surface area contributed by atoms with Crippen LogP contribution in [0.1, 0.15) is 35.0 Å². The van der Waals surface area contributed by atoms with Gasteiger partial charge in [-0.05, 0) is 73.7 Å². The van der Waals surface area contributed by atoms with Gasteiger partial charge in [0, 0.05) is 24.6 Å². The number of hydrogen-bond acceptors (Lipinski definition) is 5. The second-order valence-electron chi connectivity index (χ2n) is 6.99. The van der Waals surface area contributed by atoms with Crippen LogP contribution in [0.4, 0.5) is 5.69 Å². The number of anilines is 1. The maximum Gasteiger partial charge on any atom is 0.241 e. The molecule has 4 rings (SSSR count). The molecule has 1 fully saturated rings. The molecule has 1 aliphatic rings. The molecule has 0 unspecified atom stereocenters. The lowest BCUT2D eigenvalue weighted by atomic mass is 10.2. The topological polar surface area (TPSA) is 67.2 Å². The lowest BCUT2D eigenvalue weighted by molar-refractivity contribution is -0.120. The van der Waals surface area contributed by atoms with Gasteiger partial charge in [-0.3, -0.25) is 14.5 Å². The monoisotopic (exact) mass is 394 g/mol. The van der Waals surface area contributed by atoms with E-state index in [-0.39, 0.29) is 17.7 Å². The summed E-state index contributed by atoms with van der Waals surface area (Å²) in [5.41, 5.74) is 2.82. The third kappa shape index (κ3) is 4.05. The number of ketones is 1. The number of aromatic nitrogens is 2. The molecule has 7 heteroatoms. The highest BCUT2D eigenvalue weighted by Gasteiger charge is 2.30. The average molecular weight is 395 g/mol. The van der Waals surface area contributed by atoms with E-state index in [0.717, 1.165) is 41.2 Å². The van der Waals surface area contributed by atoms with Crippen molar-refractivity contribution < 1.29 is 9.59 Å². The number of amides is 1. The molecule has 3 heterocycles. The minimum absolute atomic E-state index is 0.0198. The molecule has 1 atom stereocenters. The first-order valence-electron chi connectivity index (χ1n) is 9.33. The number of hydrogen-bond donors (Lipinski definition) is 1. The molecular formula is C21H22N4O2S. The smallest absolute Gasteiger partial charge is 0.241 e. The third-order valence-electron chi connectivity index (χ3n) is 4.96. The number of thiophene rings is 1. The maximum atomic E-state index is 12.8. The molecule has 1 aromatic carbocycles. The Hall–Kier alpha value is -2.77. The minimum atomic E-state index is -0.147. The molecule has 28 heavy (non-hydrogen) atoms. The third-order valence-corrected chi connectivity index (χ3v) is 6.04. The highest BCUT2D eigenvalue weighted by Crippen LogP contribution is 2.24. The van der Waals surface area contributed by atoms with Gasteiger partial charge in [-0.1, -0.05) is 0 Å². The van der Waals surface area contributed by atoms with E-state index in [9.17, 15) is 9.59 Å². The normalized spacial score (nSPS) is 17.0. The van der Waals surface area contributed by atoms with E-state index in [0.29, 0.717) is 6.54 Å². The second-order valence-corrected chi connectivity index (χ2v) is 7.90. The summed E-state index contributed by atoms with van der Waals surface area (Å²) in [6, 6.07) is 11.3. The van der Waals surface area contributed by atoms with Crippen molar-refractivity contribution in [1.29, 1.82) is 0 Å². The van der Waals surface area contributed by atoms with Crippen LogP contribution in [0.3, 0.4) is 0 Å². The van der Waals surface area contributed by atoms with E-state index in [2.05, 4.69) is 15.3 Å². The highest BCUT2D eigenvalue weighted by atomic mass is 32.1. The number of nitrogens with one attached hydrogen (secondary N) is 1. The Morgan fingerprint density at radius 3 is 2.79 bits per heavy atom. The number of Topliss-reactive ketones (excluding diaryl/α,β-unsaturated/α-hetero) is 1. The van der Waals surface area contributed by atoms with E-state index in [1.54, 1.807) is 17.8 Å². The highest BCUT2D eigenvalue weighted by molar-refractivity contribution is 7.12. The van der Waals surface area contributed by atoms with Crippen molar-refractivity contribution in [1.82, 2.24) is 14.7 Å². The molecular weight excluding hydrogens is 372 g/mol. The van der Waals surface area contributed by atoms with Gasteiger partial charge in [0.05, 0.1) is 16.6 Å². The summed E-state index contributed by atoms with van der Waals surface area (Å²) in [5, 5.41) is 9.25. The molecule has 0 spiro atoms. The maximum absolute atomic E-state index is 12.8. The van der Waals surface area contributed by atoms with Gasteiger partial charge in [0.15, 0.2) is 5.78 Å². The van der Waals surface area contributed by atoms with Crippen molar-refractivity contribution in [3.05, 3.63) is 64.6 Å². The van der Waals surface area contributed by atoms with Crippen molar-refractivity contribution in [2.75, 3.05) is 11.9 Å². The molecule has 2 aromatic heterocycles. The summed E-state index contributed by atoms with van der Waals surface area (Å²) < 4.78 is 1.78. The first-order chi connectivity index (χ1) is 13.6. The van der Waals surface area contributed by atoms with Gasteiger partial charge in [0.2, 0.25) is 5.91 Å². The van der Waals surface area contributed by atoms with E-state index in [1.807, 2.05) is 48.0 Å². The molecule has 1 saturated heterocycles. The summed E-state index contributed by atoms with van der Waals surface area (Å²) >= 11 is 1.47. The van der Waals surface area contributed by atoms with E-state index in [1.165, 1.54) is 11.3 Å². The Morgan fingerprint density at radius 2 is 2.11 bits per heavy atom. The van der Waals surface area contributed by atoms with E-state index < -0.39 is 0 Å². The number of benzene rings is 1. The number of likely N-dealkylation sites (tertiary alicyclic amines) is 1. The predicted molar refractivity (Wildman–Crippen MR) is 110 cm³/mol. The summed E-state index contributed by atoms with van der Waals surface area (Å²) in [5.74, 6) is 0.108.